The van der Waals surface area contributed by atoms with Gasteiger partial charge in [0.2, 0.25) is 10.0 Å². The molecule has 0 bridgehead atoms. The fourth-order valence-corrected chi connectivity index (χ4v) is 3.51. The van der Waals surface area contributed by atoms with E-state index in [1.54, 1.807) is 12.1 Å². The summed E-state index contributed by atoms with van der Waals surface area (Å²) in [5, 5.41) is 4.66. The van der Waals surface area contributed by atoms with Crippen molar-refractivity contribution in [3.8, 4) is 0 Å². The number of nitrogens with zero attached hydrogens (tertiary/aromatic N) is 3. The van der Waals surface area contributed by atoms with E-state index in [1.807, 2.05) is 13.8 Å². The molecule has 2 aromatic rings. The van der Waals surface area contributed by atoms with Gasteiger partial charge in [-0.1, -0.05) is 5.16 Å². The number of sulfonamides is 1. The molecular formula is C13H17N3O3S2. The van der Waals surface area contributed by atoms with E-state index in [0.29, 0.717) is 5.75 Å². The van der Waals surface area contributed by atoms with E-state index in [0.717, 1.165) is 22.0 Å². The first-order valence-corrected chi connectivity index (χ1v) is 8.68. The zero-order valence-corrected chi connectivity index (χ0v) is 14.0. The predicted octanol–water partition coefficient (Wildman–Crippen LogP) is 2.23. The summed E-state index contributed by atoms with van der Waals surface area (Å²) in [6.07, 6.45) is 1.38. The Balaban J connectivity index is 2.10. The van der Waals surface area contributed by atoms with Gasteiger partial charge in [0, 0.05) is 31.6 Å². The first kappa shape index (κ1) is 16.0. The normalized spacial score (nSPS) is 12.0. The van der Waals surface area contributed by atoms with Crippen LogP contribution in [0.25, 0.3) is 0 Å². The summed E-state index contributed by atoms with van der Waals surface area (Å²) < 4.78 is 30.1. The SMILES string of the molecule is Cc1noc(C)c1CSc1ccc(S(=O)(=O)N(C)C)cn1. The summed E-state index contributed by atoms with van der Waals surface area (Å²) in [5.41, 5.74) is 1.92. The first-order valence-electron chi connectivity index (χ1n) is 6.25. The van der Waals surface area contributed by atoms with Crippen LogP contribution in [-0.2, 0) is 15.8 Å². The van der Waals surface area contributed by atoms with E-state index in [9.17, 15) is 8.42 Å². The summed E-state index contributed by atoms with van der Waals surface area (Å²) >= 11 is 1.51. The predicted molar refractivity (Wildman–Crippen MR) is 80.6 cm³/mol. The van der Waals surface area contributed by atoms with Gasteiger partial charge in [-0.05, 0) is 26.0 Å². The van der Waals surface area contributed by atoms with Crippen LogP contribution in [-0.4, -0.2) is 37.0 Å². The molecule has 2 heterocycles. The zero-order valence-electron chi connectivity index (χ0n) is 12.3. The van der Waals surface area contributed by atoms with Crippen molar-refractivity contribution in [1.82, 2.24) is 14.4 Å². The van der Waals surface area contributed by atoms with Crippen molar-refractivity contribution < 1.29 is 12.9 Å². The smallest absolute Gasteiger partial charge is 0.244 e. The second kappa shape index (κ2) is 6.17. The van der Waals surface area contributed by atoms with Crippen molar-refractivity contribution in [3.63, 3.8) is 0 Å². The van der Waals surface area contributed by atoms with Crippen LogP contribution in [0.15, 0.2) is 32.8 Å². The Bertz CT molecular complexity index is 702. The number of hydrogen-bond donors (Lipinski definition) is 0. The molecule has 0 aliphatic heterocycles. The fraction of sp³-hybridized carbons (Fsp3) is 0.385. The Labute approximate surface area is 128 Å². The molecule has 0 fully saturated rings. The molecule has 8 heteroatoms. The molecule has 0 radical (unpaired) electrons. The van der Waals surface area contributed by atoms with Gasteiger partial charge in [-0.25, -0.2) is 17.7 Å². The van der Waals surface area contributed by atoms with Gasteiger partial charge in [-0.15, -0.1) is 11.8 Å². The van der Waals surface area contributed by atoms with Crippen molar-refractivity contribution >= 4 is 21.8 Å². The number of aromatic nitrogens is 2. The van der Waals surface area contributed by atoms with Crippen LogP contribution < -0.4 is 0 Å². The highest BCUT2D eigenvalue weighted by molar-refractivity contribution is 7.98. The lowest BCUT2D eigenvalue weighted by Gasteiger charge is -2.11. The molecule has 0 amide bonds. The molecule has 114 valence electrons. The molecule has 2 aromatic heterocycles. The van der Waals surface area contributed by atoms with Crippen LogP contribution in [0.4, 0.5) is 0 Å². The molecule has 0 unspecified atom stereocenters. The minimum absolute atomic E-state index is 0.189. The second-order valence-corrected chi connectivity index (χ2v) is 7.86. The zero-order chi connectivity index (χ0) is 15.6. The van der Waals surface area contributed by atoms with E-state index in [4.69, 9.17) is 4.52 Å². The largest absolute Gasteiger partial charge is 0.361 e. The van der Waals surface area contributed by atoms with Gasteiger partial charge >= 0.3 is 0 Å². The number of rotatable bonds is 5. The molecule has 0 aliphatic rings. The van der Waals surface area contributed by atoms with Crippen molar-refractivity contribution in [2.24, 2.45) is 0 Å². The van der Waals surface area contributed by atoms with Crippen LogP contribution in [0.2, 0.25) is 0 Å². The molecule has 0 saturated carbocycles. The van der Waals surface area contributed by atoms with E-state index in [1.165, 1.54) is 36.4 Å². The third-order valence-electron chi connectivity index (χ3n) is 3.03. The number of pyridine rings is 1. The summed E-state index contributed by atoms with van der Waals surface area (Å²) in [7, 11) is -0.438. The number of aryl methyl sites for hydroxylation is 2. The summed E-state index contributed by atoms with van der Waals surface area (Å²) in [5.74, 6) is 1.49. The maximum Gasteiger partial charge on any atom is 0.244 e. The molecule has 0 N–H and O–H groups in total. The van der Waals surface area contributed by atoms with Gasteiger partial charge in [-0.3, -0.25) is 0 Å². The molecule has 21 heavy (non-hydrogen) atoms. The highest BCUT2D eigenvalue weighted by atomic mass is 32.2. The Morgan fingerprint density at radius 1 is 1.29 bits per heavy atom. The first-order chi connectivity index (χ1) is 9.82. The second-order valence-electron chi connectivity index (χ2n) is 4.71. The van der Waals surface area contributed by atoms with Crippen LogP contribution in [0.5, 0.6) is 0 Å². The third-order valence-corrected chi connectivity index (χ3v) is 5.80. The maximum absolute atomic E-state index is 11.9. The maximum atomic E-state index is 11.9. The lowest BCUT2D eigenvalue weighted by atomic mass is 10.2. The number of hydrogen-bond acceptors (Lipinski definition) is 6. The Morgan fingerprint density at radius 2 is 2.00 bits per heavy atom. The van der Waals surface area contributed by atoms with E-state index < -0.39 is 10.0 Å². The van der Waals surface area contributed by atoms with E-state index in [-0.39, 0.29) is 4.90 Å². The Kier molecular flexibility index (Phi) is 4.70. The molecule has 0 spiro atoms. The highest BCUT2D eigenvalue weighted by Gasteiger charge is 2.17. The molecule has 2 rings (SSSR count). The topological polar surface area (TPSA) is 76.3 Å². The lowest BCUT2D eigenvalue weighted by molar-refractivity contribution is 0.392. The van der Waals surface area contributed by atoms with Gasteiger partial charge in [0.25, 0.3) is 0 Å². The van der Waals surface area contributed by atoms with Crippen molar-refractivity contribution in [2.45, 2.75) is 29.5 Å². The average molecular weight is 327 g/mol. The van der Waals surface area contributed by atoms with Crippen LogP contribution >= 0.6 is 11.8 Å². The Morgan fingerprint density at radius 3 is 2.48 bits per heavy atom. The summed E-state index contributed by atoms with van der Waals surface area (Å²) in [6.45, 7) is 3.77. The Hall–Kier alpha value is -1.38. The van der Waals surface area contributed by atoms with Crippen LogP contribution in [0.1, 0.15) is 17.0 Å². The molecular weight excluding hydrogens is 310 g/mol. The molecule has 0 aliphatic carbocycles. The lowest BCUT2D eigenvalue weighted by Crippen LogP contribution is -2.22. The molecule has 0 atom stereocenters. The molecule has 6 nitrogen and oxygen atoms in total. The monoisotopic (exact) mass is 327 g/mol. The van der Waals surface area contributed by atoms with Gasteiger partial charge < -0.3 is 4.52 Å². The van der Waals surface area contributed by atoms with Gasteiger partial charge in [0.15, 0.2) is 0 Å². The van der Waals surface area contributed by atoms with Gasteiger partial charge in [-0.2, -0.15) is 0 Å². The fourth-order valence-electron chi connectivity index (χ4n) is 1.67. The van der Waals surface area contributed by atoms with Crippen molar-refractivity contribution in [2.75, 3.05) is 14.1 Å². The minimum Gasteiger partial charge on any atom is -0.361 e. The molecule has 0 aromatic carbocycles. The van der Waals surface area contributed by atoms with Crippen LogP contribution in [0.3, 0.4) is 0 Å². The quantitative estimate of drug-likeness (QED) is 0.784. The van der Waals surface area contributed by atoms with Crippen molar-refractivity contribution in [1.29, 1.82) is 0 Å². The van der Waals surface area contributed by atoms with Crippen molar-refractivity contribution in [3.05, 3.63) is 35.3 Å². The van der Waals surface area contributed by atoms with Crippen LogP contribution in [0, 0.1) is 13.8 Å². The standard InChI is InChI=1S/C13H17N3O3S2/c1-9-12(10(2)19-15-9)8-20-13-6-5-11(7-14-13)21(17,18)16(3)4/h5-7H,8H2,1-4H3. The highest BCUT2D eigenvalue weighted by Crippen LogP contribution is 2.25. The summed E-state index contributed by atoms with van der Waals surface area (Å²) in [6, 6.07) is 3.28. The average Bonchev–Trinajstić information content (AvgIpc) is 2.76. The number of thioether (sulfide) groups is 1. The summed E-state index contributed by atoms with van der Waals surface area (Å²) in [4.78, 5) is 4.38. The minimum atomic E-state index is -3.43. The van der Waals surface area contributed by atoms with Gasteiger partial charge in [0.1, 0.15) is 10.7 Å². The third kappa shape index (κ3) is 3.45. The molecule has 0 saturated heterocycles. The van der Waals surface area contributed by atoms with Gasteiger partial charge in [0.05, 0.1) is 10.7 Å². The van der Waals surface area contributed by atoms with E-state index >= 15 is 0 Å². The van der Waals surface area contributed by atoms with E-state index in [2.05, 4.69) is 10.1 Å².